The van der Waals surface area contributed by atoms with Gasteiger partial charge < -0.3 is 0 Å². The Kier molecular flexibility index (Phi) is 4.26. The average Bonchev–Trinajstić information content (AvgIpc) is 3.44. The number of hydrogen-bond acceptors (Lipinski definition) is 4. The fourth-order valence-corrected chi connectivity index (χ4v) is 5.04. The zero-order valence-corrected chi connectivity index (χ0v) is 19.8. The molecule has 0 aliphatic heterocycles. The Labute approximate surface area is 196 Å². The number of carbonyl (C=O) groups is 1. The van der Waals surface area contributed by atoms with Crippen LogP contribution in [0.2, 0.25) is 0 Å². The molecule has 0 unspecified atom stereocenters. The molecule has 0 atom stereocenters. The first kappa shape index (κ1) is 20.4. The average molecular weight is 449 g/mol. The van der Waals surface area contributed by atoms with Crippen LogP contribution >= 0.6 is 0 Å². The number of benzene rings is 2. The second kappa shape index (κ2) is 7.12. The summed E-state index contributed by atoms with van der Waals surface area (Å²) in [7, 11) is 0. The van der Waals surface area contributed by atoms with Crippen molar-refractivity contribution in [3.8, 4) is 11.4 Å². The summed E-state index contributed by atoms with van der Waals surface area (Å²) < 4.78 is 6.63. The predicted octanol–water partition coefficient (Wildman–Crippen LogP) is 5.45. The fourth-order valence-electron chi connectivity index (χ4n) is 5.04. The van der Waals surface area contributed by atoms with Gasteiger partial charge in [0.2, 0.25) is 0 Å². The molecule has 0 radical (unpaired) electrons. The van der Waals surface area contributed by atoms with Crippen LogP contribution in [-0.4, -0.2) is 34.3 Å². The summed E-state index contributed by atoms with van der Waals surface area (Å²) in [5.41, 5.74) is 9.20. The second-order valence-electron chi connectivity index (χ2n) is 8.78. The van der Waals surface area contributed by atoms with Crippen molar-refractivity contribution in [3.05, 3.63) is 83.2 Å². The maximum atomic E-state index is 12.3. The zero-order chi connectivity index (χ0) is 23.7. The maximum absolute atomic E-state index is 12.3. The van der Waals surface area contributed by atoms with Crippen molar-refractivity contribution in [1.29, 1.82) is 0 Å². The Morgan fingerprint density at radius 2 is 1.56 bits per heavy atom. The van der Waals surface area contributed by atoms with E-state index >= 15 is 0 Å². The lowest BCUT2D eigenvalue weighted by Gasteiger charge is -2.17. The van der Waals surface area contributed by atoms with Gasteiger partial charge in [-0.25, -0.2) is 15.0 Å². The molecule has 168 valence electrons. The number of imidazole rings is 2. The molecule has 7 heteroatoms. The monoisotopic (exact) mass is 448 g/mol. The number of ketones is 1. The van der Waals surface area contributed by atoms with E-state index in [0.717, 1.165) is 39.4 Å². The highest BCUT2D eigenvalue weighted by molar-refractivity contribution is 6.02. The van der Waals surface area contributed by atoms with Gasteiger partial charge in [0.25, 0.3) is 0 Å². The molecule has 0 fully saturated rings. The first-order valence-corrected chi connectivity index (χ1v) is 11.3. The summed E-state index contributed by atoms with van der Waals surface area (Å²) in [6, 6.07) is 19.0. The number of aromatic nitrogens is 6. The highest BCUT2D eigenvalue weighted by Crippen LogP contribution is 2.34. The summed E-state index contributed by atoms with van der Waals surface area (Å²) in [5.74, 6) is 1.18. The first-order valence-electron chi connectivity index (χ1n) is 11.3. The fraction of sp³-hybridized carbons (Fsp3) is 0.185. The van der Waals surface area contributed by atoms with E-state index in [1.165, 1.54) is 12.6 Å². The summed E-state index contributed by atoms with van der Waals surface area (Å²) in [6.07, 6.45) is 0. The summed E-state index contributed by atoms with van der Waals surface area (Å²) in [6.45, 7) is 9.51. The molecule has 0 aliphatic rings. The highest BCUT2D eigenvalue weighted by Gasteiger charge is 2.23. The molecule has 6 rings (SSSR count). The number of aryl methyl sites for hydroxylation is 4. The van der Waals surface area contributed by atoms with Gasteiger partial charge in [0.05, 0.1) is 22.4 Å². The van der Waals surface area contributed by atoms with Gasteiger partial charge in [-0.3, -0.25) is 18.3 Å². The Bertz CT molecular complexity index is 1780. The molecule has 2 aromatic carbocycles. The molecule has 4 heterocycles. The lowest BCUT2D eigenvalue weighted by molar-refractivity contribution is 0.101. The molecule has 0 bridgehead atoms. The van der Waals surface area contributed by atoms with Crippen LogP contribution in [0.25, 0.3) is 39.2 Å². The van der Waals surface area contributed by atoms with Gasteiger partial charge in [0.1, 0.15) is 28.5 Å². The van der Waals surface area contributed by atoms with E-state index in [1.807, 2.05) is 24.5 Å². The number of fused-ring (bicyclic) bond motifs is 4. The molecule has 0 amide bonds. The van der Waals surface area contributed by atoms with Crippen LogP contribution in [0.3, 0.4) is 0 Å². The summed E-state index contributed by atoms with van der Waals surface area (Å²) in [5, 5.41) is 0. The topological polar surface area (TPSA) is 70.0 Å². The van der Waals surface area contributed by atoms with Gasteiger partial charge in [-0.2, -0.15) is 0 Å². The van der Waals surface area contributed by atoms with Crippen molar-refractivity contribution in [2.24, 2.45) is 0 Å². The molecule has 4 aromatic heterocycles. The van der Waals surface area contributed by atoms with Crippen LogP contribution in [0, 0.1) is 27.7 Å². The van der Waals surface area contributed by atoms with Gasteiger partial charge >= 0.3 is 0 Å². The number of nitrogens with zero attached hydrogens (tertiary/aromatic N) is 6. The first-order chi connectivity index (χ1) is 16.4. The maximum Gasteiger partial charge on any atom is 0.180 e. The number of hydrogen-bond donors (Lipinski definition) is 0. The SMILES string of the molecule is CC(=O)c1nc(C)nc2c1nc(C)n2-c1cccc(C)c1-n1c2ccccc2n2c(C)ccc12. The zero-order valence-electron chi connectivity index (χ0n) is 19.8. The molecule has 0 saturated heterocycles. The Hall–Kier alpha value is -4.26. The van der Waals surface area contributed by atoms with E-state index in [2.05, 4.69) is 76.3 Å². The predicted molar refractivity (Wildman–Crippen MR) is 133 cm³/mol. The Balaban J connectivity index is 1.77. The van der Waals surface area contributed by atoms with E-state index < -0.39 is 0 Å². The molecule has 7 nitrogen and oxygen atoms in total. The minimum Gasteiger partial charge on any atom is -0.298 e. The van der Waals surface area contributed by atoms with E-state index in [9.17, 15) is 4.79 Å². The third-order valence-electron chi connectivity index (χ3n) is 6.45. The summed E-state index contributed by atoms with van der Waals surface area (Å²) in [4.78, 5) is 26.2. The molecule has 34 heavy (non-hydrogen) atoms. The van der Waals surface area contributed by atoms with Crippen LogP contribution in [0.4, 0.5) is 0 Å². The van der Waals surface area contributed by atoms with Gasteiger partial charge in [-0.15, -0.1) is 0 Å². The van der Waals surface area contributed by atoms with Gasteiger partial charge in [0.15, 0.2) is 11.4 Å². The van der Waals surface area contributed by atoms with Crippen molar-refractivity contribution in [1.82, 2.24) is 28.5 Å². The lowest BCUT2D eigenvalue weighted by Crippen LogP contribution is -2.08. The number of rotatable bonds is 3. The van der Waals surface area contributed by atoms with Crippen molar-refractivity contribution >= 4 is 33.6 Å². The van der Waals surface area contributed by atoms with Crippen LogP contribution < -0.4 is 0 Å². The molecule has 0 saturated carbocycles. The molecular weight excluding hydrogens is 424 g/mol. The summed E-state index contributed by atoms with van der Waals surface area (Å²) >= 11 is 0. The number of Topliss-reactive ketones (excluding diaryl/α,β-unsaturated/α-hetero) is 1. The second-order valence-corrected chi connectivity index (χ2v) is 8.78. The normalized spacial score (nSPS) is 11.8. The minimum atomic E-state index is -0.119. The third kappa shape index (κ3) is 2.70. The third-order valence-corrected chi connectivity index (χ3v) is 6.45. The van der Waals surface area contributed by atoms with E-state index in [-0.39, 0.29) is 5.78 Å². The lowest BCUT2D eigenvalue weighted by atomic mass is 10.1. The smallest absolute Gasteiger partial charge is 0.180 e. The molecule has 0 N–H and O–H groups in total. The molecule has 0 spiro atoms. The number of carbonyl (C=O) groups excluding carboxylic acids is 1. The minimum absolute atomic E-state index is 0.119. The van der Waals surface area contributed by atoms with Crippen molar-refractivity contribution < 1.29 is 4.79 Å². The quantitative estimate of drug-likeness (QED) is 0.338. The molecular formula is C27H24N6O. The number of para-hydroxylation sites is 3. The van der Waals surface area contributed by atoms with Gasteiger partial charge in [0, 0.05) is 12.6 Å². The molecule has 6 aromatic rings. The standard InChI is InChI=1S/C27H24N6O/c1-15-9-8-12-22(32-19(5)30-25-24(17(3)34)28-18(4)29-27(25)32)26(15)33-21-11-7-6-10-20(21)31-16(2)13-14-23(31)33/h6-14H,1-5H3. The molecule has 0 aliphatic carbocycles. The van der Waals surface area contributed by atoms with E-state index in [0.29, 0.717) is 22.7 Å². The van der Waals surface area contributed by atoms with Crippen LogP contribution in [0.15, 0.2) is 54.6 Å². The van der Waals surface area contributed by atoms with Crippen LogP contribution in [0.5, 0.6) is 0 Å². The van der Waals surface area contributed by atoms with Crippen molar-refractivity contribution in [2.75, 3.05) is 0 Å². The van der Waals surface area contributed by atoms with Gasteiger partial charge in [-0.1, -0.05) is 24.3 Å². The van der Waals surface area contributed by atoms with Crippen molar-refractivity contribution in [3.63, 3.8) is 0 Å². The Morgan fingerprint density at radius 3 is 2.32 bits per heavy atom. The van der Waals surface area contributed by atoms with Gasteiger partial charge in [-0.05, 0) is 63.6 Å². The van der Waals surface area contributed by atoms with E-state index in [4.69, 9.17) is 9.97 Å². The largest absolute Gasteiger partial charge is 0.298 e. The van der Waals surface area contributed by atoms with Crippen LogP contribution in [0.1, 0.15) is 40.3 Å². The highest BCUT2D eigenvalue weighted by atomic mass is 16.1. The van der Waals surface area contributed by atoms with E-state index in [1.54, 1.807) is 0 Å². The Morgan fingerprint density at radius 1 is 0.794 bits per heavy atom. The van der Waals surface area contributed by atoms with Crippen LogP contribution in [-0.2, 0) is 0 Å². The van der Waals surface area contributed by atoms with Crippen molar-refractivity contribution in [2.45, 2.75) is 34.6 Å².